The average molecular weight is 1710 g/mol. The number of Topliss-reactive ketones (excluding diaryl/α,β-unsaturated/α-hetero) is 3. The number of hydrogen-bond donors (Lipinski definition) is 6. The summed E-state index contributed by atoms with van der Waals surface area (Å²) in [6.45, 7) is 9.18. The van der Waals surface area contributed by atoms with E-state index in [1.54, 1.807) is 95.0 Å². The van der Waals surface area contributed by atoms with Gasteiger partial charge in [-0.3, -0.25) is 34.4 Å². The van der Waals surface area contributed by atoms with Crippen LogP contribution in [0.2, 0.25) is 0 Å². The van der Waals surface area contributed by atoms with Crippen LogP contribution in [0.4, 0.5) is 64.0 Å². The topological polar surface area (TPSA) is 314 Å². The van der Waals surface area contributed by atoms with Crippen molar-refractivity contribution in [2.45, 2.75) is 53.1 Å². The minimum atomic E-state index is -1.80. The summed E-state index contributed by atoms with van der Waals surface area (Å²) >= 11 is 8.00. The second-order valence-corrected chi connectivity index (χ2v) is 25.6. The van der Waals surface area contributed by atoms with E-state index in [9.17, 15) is 37.1 Å². The minimum absolute atomic E-state index is 0.00378. The standard InChI is InChI=1S/C27H24F2I2N8O3.C16H13FIN5O3.C16H14FIN4O2/c1-13(25(41)34-21-7-5-16(30)9-19(21)28)23-11-18(24-33-15(3)36-37-24)27(14(2)40,39(23,4)26-38-32-12-42-26)35-22-8-6-17(31)10-20(22)29;1-8(24)13-6-10(15(25)22-16-19-7-20-26-16)14(23(13)2)21-12-4-3-9(18)5-11(12)17;1-8(23)14-7-11(16-21-20-9(2)24-16)15(22(14)3)19-13-5-4-10(18)6-12(13)17/h5-13,18,35H,1-4H3,(H-,33,34,36,37,41);3-7,21H,1-2H3,(H,19,20,22,25);4-7,19H,1-3H3/p+1. The molecule has 4 aromatic carbocycles. The zero-order valence-electron chi connectivity index (χ0n) is 49.7. The monoisotopic (exact) mass is 1710 g/mol. The number of halogens is 8. The Morgan fingerprint density at radius 3 is 1.73 bits per heavy atom. The van der Waals surface area contributed by atoms with Crippen molar-refractivity contribution < 1.29 is 54.9 Å². The van der Waals surface area contributed by atoms with Crippen LogP contribution in [0, 0.1) is 57.3 Å². The van der Waals surface area contributed by atoms with Gasteiger partial charge in [0, 0.05) is 56.1 Å². The van der Waals surface area contributed by atoms with Crippen molar-refractivity contribution in [3.05, 3.63) is 181 Å². The van der Waals surface area contributed by atoms with E-state index in [1.165, 1.54) is 67.8 Å². The van der Waals surface area contributed by atoms with Gasteiger partial charge in [-0.15, -0.1) is 15.3 Å². The highest BCUT2D eigenvalue weighted by atomic mass is 127. The summed E-state index contributed by atoms with van der Waals surface area (Å²) in [6.07, 6.45) is 3.92. The number of quaternary nitrogens is 1. The number of amides is 2. The van der Waals surface area contributed by atoms with E-state index >= 15 is 4.39 Å². The highest BCUT2D eigenvalue weighted by Crippen LogP contribution is 2.53. The summed E-state index contributed by atoms with van der Waals surface area (Å²) in [4.78, 5) is 72.1. The molecule has 6 aromatic heterocycles. The lowest BCUT2D eigenvalue weighted by Crippen LogP contribution is -2.71. The number of hydrogen-bond acceptors (Lipinski definition) is 19. The molecule has 1 aliphatic heterocycles. The summed E-state index contributed by atoms with van der Waals surface area (Å²) in [7, 11) is 4.94. The summed E-state index contributed by atoms with van der Waals surface area (Å²) in [6, 6.07) is 21.4. The molecule has 92 heavy (non-hydrogen) atoms. The third-order valence-corrected chi connectivity index (χ3v) is 17.3. The Labute approximate surface area is 574 Å². The number of aromatic nitrogens is 11. The van der Waals surface area contributed by atoms with Gasteiger partial charge in [0.25, 0.3) is 17.5 Å². The first-order chi connectivity index (χ1) is 43.6. The lowest BCUT2D eigenvalue weighted by molar-refractivity contribution is -0.127. The minimum Gasteiger partial charge on any atom is -0.421 e. The van der Waals surface area contributed by atoms with Crippen LogP contribution in [0.25, 0.3) is 11.5 Å². The van der Waals surface area contributed by atoms with Gasteiger partial charge in [-0.25, -0.2) is 22.5 Å². The molecule has 0 saturated carbocycles. The molecule has 2 amide bonds. The SMILES string of the molecule is CC(=O)C1(Nc2ccc(I)cc2F)C(c2n[nH]c(C)n2)C=C(C(C)C(=O)Nc2ccc(I)cc2F)[N+]1(C)c1nnco1.CC(=O)c1cc(-c2nnc(C)o2)c(Nc2ccc(I)cc2F)n1C.CC(=O)c1cc(C(=O)Nc2ncno2)c(Nc2ccc(I)cc2F)n1C. The second-order valence-electron chi connectivity index (χ2n) is 20.6. The van der Waals surface area contributed by atoms with E-state index in [0.29, 0.717) is 47.3 Å². The number of carbonyl (C=O) groups excluding carboxylic acids is 5. The van der Waals surface area contributed by atoms with Gasteiger partial charge >= 0.3 is 12.0 Å². The molecule has 7 heterocycles. The van der Waals surface area contributed by atoms with Crippen molar-refractivity contribution >= 4 is 166 Å². The molecule has 476 valence electrons. The number of aryl methyl sites for hydroxylation is 2. The number of anilines is 7. The van der Waals surface area contributed by atoms with Crippen LogP contribution in [-0.4, -0.2) is 96.7 Å². The number of ketones is 3. The fourth-order valence-corrected chi connectivity index (χ4v) is 12.0. The summed E-state index contributed by atoms with van der Waals surface area (Å²) in [5.41, 5.74) is 0.447. The number of rotatable bonds is 17. The first-order valence-corrected chi connectivity index (χ1v) is 31.4. The Hall–Kier alpha value is -8.31. The average Bonchev–Trinajstić information content (AvgIpc) is 1.47. The van der Waals surface area contributed by atoms with Gasteiger partial charge in [-0.05, 0) is 195 Å². The molecule has 25 nitrogen and oxygen atoms in total. The van der Waals surface area contributed by atoms with Gasteiger partial charge in [-0.1, -0.05) is 10.3 Å². The maximum absolute atomic E-state index is 15.4. The maximum Gasteiger partial charge on any atom is 0.431 e. The molecule has 11 rings (SSSR count). The van der Waals surface area contributed by atoms with Crippen molar-refractivity contribution in [3.8, 4) is 11.5 Å². The molecule has 1 aliphatic rings. The van der Waals surface area contributed by atoms with Crippen molar-refractivity contribution in [1.29, 1.82) is 0 Å². The number of carbonyl (C=O) groups is 5. The largest absolute Gasteiger partial charge is 0.431 e. The van der Waals surface area contributed by atoms with Crippen molar-refractivity contribution in [2.75, 3.05) is 33.6 Å². The maximum atomic E-state index is 15.4. The fourth-order valence-electron chi connectivity index (χ4n) is 10.2. The predicted molar refractivity (Wildman–Crippen MR) is 363 cm³/mol. The van der Waals surface area contributed by atoms with Crippen LogP contribution in [0.1, 0.15) is 82.5 Å². The molecule has 0 saturated heterocycles. The summed E-state index contributed by atoms with van der Waals surface area (Å²) in [5.74, 6) is -3.80. The molecule has 0 aliphatic carbocycles. The van der Waals surface area contributed by atoms with E-state index in [2.05, 4.69) is 72.3 Å². The third kappa shape index (κ3) is 14.2. The fraction of sp³-hybridized carbons (Fsp3) is 0.203. The van der Waals surface area contributed by atoms with Crippen molar-refractivity contribution in [1.82, 2.24) is 59.3 Å². The Morgan fingerprint density at radius 2 is 1.25 bits per heavy atom. The van der Waals surface area contributed by atoms with Crippen LogP contribution in [0.15, 0.2) is 123 Å². The molecule has 4 unspecified atom stereocenters. The molecular formula is C59H52F4I4N17O8+. The van der Waals surface area contributed by atoms with Gasteiger partial charge in [0.2, 0.25) is 24.0 Å². The van der Waals surface area contributed by atoms with Gasteiger partial charge < -0.3 is 43.8 Å². The van der Waals surface area contributed by atoms with E-state index in [1.807, 2.05) is 90.4 Å². The predicted octanol–water partition coefficient (Wildman–Crippen LogP) is 12.7. The van der Waals surface area contributed by atoms with Gasteiger partial charge in [0.05, 0.1) is 52.3 Å². The number of aromatic amines is 1. The van der Waals surface area contributed by atoms with Crippen LogP contribution in [0.5, 0.6) is 0 Å². The molecule has 0 spiro atoms. The molecule has 0 fully saturated rings. The van der Waals surface area contributed by atoms with Crippen LogP contribution in [-0.2, 0) is 23.7 Å². The molecule has 6 N–H and O–H groups in total. The quantitative estimate of drug-likeness (QED) is 0.0213. The second kappa shape index (κ2) is 28.3. The Morgan fingerprint density at radius 1 is 0.707 bits per heavy atom. The van der Waals surface area contributed by atoms with Crippen LogP contribution < -0.4 is 31.1 Å². The van der Waals surface area contributed by atoms with E-state index in [-0.39, 0.29) is 75.3 Å². The van der Waals surface area contributed by atoms with E-state index in [4.69, 9.17) is 13.4 Å². The Balaban J connectivity index is 0.000000173. The normalized spacial score (nSPS) is 16.1. The third-order valence-electron chi connectivity index (χ3n) is 14.6. The Bertz CT molecular complexity index is 4500. The van der Waals surface area contributed by atoms with Crippen molar-refractivity contribution in [3.63, 3.8) is 0 Å². The highest BCUT2D eigenvalue weighted by molar-refractivity contribution is 14.1. The molecule has 0 bridgehead atoms. The molecule has 10 aromatic rings. The van der Waals surface area contributed by atoms with Crippen LogP contribution >= 0.6 is 90.4 Å². The number of nitrogens with zero attached hydrogens (tertiary/aromatic N) is 11. The first kappa shape index (κ1) is 68.1. The lowest BCUT2D eigenvalue weighted by Gasteiger charge is -2.45. The lowest BCUT2D eigenvalue weighted by atomic mass is 9.87. The Kier molecular flexibility index (Phi) is 20.9. The van der Waals surface area contributed by atoms with Crippen molar-refractivity contribution in [2.24, 2.45) is 20.0 Å². The van der Waals surface area contributed by atoms with Gasteiger partial charge in [0.1, 0.15) is 58.3 Å². The summed E-state index contributed by atoms with van der Waals surface area (Å²) < 4.78 is 79.7. The molecule has 0 radical (unpaired) electrons. The number of nitrogens with one attached hydrogen (secondary N) is 6. The first-order valence-electron chi connectivity index (χ1n) is 27.1. The molecule has 4 atom stereocenters. The van der Waals surface area contributed by atoms with E-state index < -0.39 is 57.0 Å². The van der Waals surface area contributed by atoms with Gasteiger partial charge in [0.15, 0.2) is 23.7 Å². The number of benzene rings is 4. The number of likely N-dealkylation sites (N-methyl/N-ethyl adjacent to an activating group) is 1. The smallest absolute Gasteiger partial charge is 0.421 e. The zero-order valence-corrected chi connectivity index (χ0v) is 58.3. The summed E-state index contributed by atoms with van der Waals surface area (Å²) in [5, 5.41) is 40.4. The molecule has 33 heteroatoms. The highest BCUT2D eigenvalue weighted by Gasteiger charge is 2.70. The number of H-pyrrole nitrogens is 1. The van der Waals surface area contributed by atoms with Crippen LogP contribution in [0.3, 0.4) is 0 Å². The van der Waals surface area contributed by atoms with Gasteiger partial charge in [-0.2, -0.15) is 14.6 Å². The zero-order chi connectivity index (χ0) is 66.7. The molecular weight excluding hydrogens is 1660 g/mol. The van der Waals surface area contributed by atoms with E-state index in [0.717, 1.165) is 19.9 Å².